The first-order chi connectivity index (χ1) is 18.5. The number of aromatic nitrogens is 4. The predicted octanol–water partition coefficient (Wildman–Crippen LogP) is 5.74. The standard InChI is InChI=1S/C30H29FN6O/c1-4-23-35-27-29(37(23)28-17-12-22(28)33-13-17)19-11-16(6-5-9-32)24(25(31)26(19)36-30(27)38-3)20-14-34-21-8-7-15(2)10-18(20)21/h7-8,10-11,14,17,22,28,33-34H,4-6,12-13H2,1-3H3. The first kappa shape index (κ1) is 23.2. The van der Waals surface area contributed by atoms with Crippen molar-refractivity contribution in [1.82, 2.24) is 24.8 Å². The first-order valence-electron chi connectivity index (χ1n) is 13.3. The summed E-state index contributed by atoms with van der Waals surface area (Å²) in [6.45, 7) is 5.12. The molecule has 1 aliphatic carbocycles. The molecule has 192 valence electrons. The first-order valence-corrected chi connectivity index (χ1v) is 13.3. The Morgan fingerprint density at radius 2 is 2.08 bits per heavy atom. The van der Waals surface area contributed by atoms with Crippen molar-refractivity contribution >= 4 is 32.8 Å². The molecule has 8 heteroatoms. The topological polar surface area (TPSA) is 91.6 Å². The molecule has 0 spiro atoms. The van der Waals surface area contributed by atoms with Crippen LogP contribution in [0.4, 0.5) is 4.39 Å². The normalized spacial score (nSPS) is 20.3. The van der Waals surface area contributed by atoms with Gasteiger partial charge in [-0.1, -0.05) is 18.6 Å². The van der Waals surface area contributed by atoms with E-state index in [-0.39, 0.29) is 11.6 Å². The molecule has 5 heterocycles. The van der Waals surface area contributed by atoms with Crippen molar-refractivity contribution < 1.29 is 9.13 Å². The minimum Gasteiger partial charge on any atom is -0.479 e. The van der Waals surface area contributed by atoms with E-state index in [0.29, 0.717) is 41.8 Å². The van der Waals surface area contributed by atoms with E-state index in [2.05, 4.69) is 33.9 Å². The van der Waals surface area contributed by atoms with Gasteiger partial charge in [-0.2, -0.15) is 5.26 Å². The number of nitriles is 1. The van der Waals surface area contributed by atoms with E-state index >= 15 is 4.39 Å². The minimum atomic E-state index is -0.390. The Morgan fingerprint density at radius 3 is 2.79 bits per heavy atom. The molecule has 0 radical (unpaired) electrons. The van der Waals surface area contributed by atoms with Gasteiger partial charge in [0.1, 0.15) is 11.3 Å². The number of fused-ring (bicyclic) bond motifs is 5. The largest absolute Gasteiger partial charge is 0.479 e. The number of ether oxygens (including phenoxy) is 1. The van der Waals surface area contributed by atoms with Crippen molar-refractivity contribution in [2.75, 3.05) is 13.7 Å². The average Bonchev–Trinajstić information content (AvgIpc) is 3.71. The van der Waals surface area contributed by atoms with Gasteiger partial charge in [0.05, 0.1) is 24.7 Å². The Labute approximate surface area is 219 Å². The van der Waals surface area contributed by atoms with Gasteiger partial charge in [0.2, 0.25) is 5.88 Å². The lowest BCUT2D eigenvalue weighted by Gasteiger charge is -2.37. The zero-order valence-corrected chi connectivity index (χ0v) is 21.7. The van der Waals surface area contributed by atoms with Gasteiger partial charge >= 0.3 is 0 Å². The summed E-state index contributed by atoms with van der Waals surface area (Å²) in [4.78, 5) is 13.0. The number of H-pyrrole nitrogens is 1. The van der Waals surface area contributed by atoms with Crippen LogP contribution in [0.2, 0.25) is 0 Å². The number of imidazole rings is 1. The second-order valence-electron chi connectivity index (χ2n) is 10.6. The van der Waals surface area contributed by atoms with Crippen LogP contribution in [0.25, 0.3) is 44.0 Å². The molecule has 2 N–H and O–H groups in total. The number of benzene rings is 2. The molecule has 3 fully saturated rings. The molecule has 38 heavy (non-hydrogen) atoms. The maximum absolute atomic E-state index is 16.8. The summed E-state index contributed by atoms with van der Waals surface area (Å²) < 4.78 is 24.8. The van der Waals surface area contributed by atoms with Crippen LogP contribution >= 0.6 is 0 Å². The van der Waals surface area contributed by atoms with Crippen LogP contribution in [-0.2, 0) is 12.8 Å². The monoisotopic (exact) mass is 508 g/mol. The lowest BCUT2D eigenvalue weighted by molar-refractivity contribution is 0.221. The summed E-state index contributed by atoms with van der Waals surface area (Å²) in [6, 6.07) is 11.1. The Hall–Kier alpha value is -3.96. The van der Waals surface area contributed by atoms with Crippen molar-refractivity contribution in [3.8, 4) is 23.1 Å². The fourth-order valence-corrected chi connectivity index (χ4v) is 6.69. The number of methoxy groups -OCH3 is 1. The number of nitrogens with zero attached hydrogens (tertiary/aromatic N) is 4. The lowest BCUT2D eigenvalue weighted by Crippen LogP contribution is -2.39. The fourth-order valence-electron chi connectivity index (χ4n) is 6.69. The highest BCUT2D eigenvalue weighted by molar-refractivity contribution is 6.08. The molecule has 3 aliphatic rings. The maximum atomic E-state index is 16.8. The third-order valence-corrected chi connectivity index (χ3v) is 8.49. The molecular formula is C30H29FN6O. The van der Waals surface area contributed by atoms with Gasteiger partial charge in [0.25, 0.3) is 0 Å². The number of aryl methyl sites for hydroxylation is 3. The number of aromatic amines is 1. The molecule has 1 saturated carbocycles. The van der Waals surface area contributed by atoms with Gasteiger partial charge in [0, 0.05) is 59.0 Å². The molecule has 5 aromatic rings. The van der Waals surface area contributed by atoms with Crippen LogP contribution in [0.5, 0.6) is 5.88 Å². The summed E-state index contributed by atoms with van der Waals surface area (Å²) in [6.07, 6.45) is 4.50. The summed E-state index contributed by atoms with van der Waals surface area (Å²) in [7, 11) is 1.56. The van der Waals surface area contributed by atoms with Gasteiger partial charge < -0.3 is 19.6 Å². The molecule has 7 nitrogen and oxygen atoms in total. The van der Waals surface area contributed by atoms with Crippen LogP contribution in [0.15, 0.2) is 30.5 Å². The molecule has 2 aliphatic heterocycles. The fraction of sp³-hybridized carbons (Fsp3) is 0.367. The minimum absolute atomic E-state index is 0.274. The van der Waals surface area contributed by atoms with E-state index in [1.54, 1.807) is 7.11 Å². The molecule has 8 rings (SSSR count). The van der Waals surface area contributed by atoms with Crippen LogP contribution in [0.3, 0.4) is 0 Å². The molecule has 0 amide bonds. The molecule has 2 aromatic carbocycles. The molecule has 2 bridgehead atoms. The second-order valence-corrected chi connectivity index (χ2v) is 10.6. The highest BCUT2D eigenvalue weighted by Gasteiger charge is 2.49. The predicted molar refractivity (Wildman–Crippen MR) is 146 cm³/mol. The number of rotatable bonds is 6. The van der Waals surface area contributed by atoms with E-state index in [1.807, 2.05) is 31.3 Å². The van der Waals surface area contributed by atoms with Crippen molar-refractivity contribution in [3.63, 3.8) is 0 Å². The van der Waals surface area contributed by atoms with Gasteiger partial charge in [-0.15, -0.1) is 0 Å². The molecule has 3 unspecified atom stereocenters. The van der Waals surface area contributed by atoms with Crippen LogP contribution in [-0.4, -0.2) is 39.2 Å². The van der Waals surface area contributed by atoms with Gasteiger partial charge in [-0.05, 0) is 49.4 Å². The van der Waals surface area contributed by atoms with E-state index in [9.17, 15) is 5.26 Å². The Bertz CT molecular complexity index is 1780. The molecular weight excluding hydrogens is 479 g/mol. The third-order valence-electron chi connectivity index (χ3n) is 8.49. The van der Waals surface area contributed by atoms with Crippen LogP contribution in [0, 0.1) is 30.0 Å². The van der Waals surface area contributed by atoms with E-state index in [4.69, 9.17) is 14.7 Å². The summed E-state index contributed by atoms with van der Waals surface area (Å²) >= 11 is 0. The van der Waals surface area contributed by atoms with E-state index < -0.39 is 5.82 Å². The second kappa shape index (κ2) is 8.53. The van der Waals surface area contributed by atoms with E-state index in [1.165, 1.54) is 0 Å². The highest BCUT2D eigenvalue weighted by atomic mass is 19.1. The van der Waals surface area contributed by atoms with Crippen molar-refractivity contribution in [3.05, 3.63) is 53.2 Å². The number of halogens is 1. The van der Waals surface area contributed by atoms with Crippen LogP contribution in [0.1, 0.15) is 42.8 Å². The zero-order valence-electron chi connectivity index (χ0n) is 21.7. The molecule has 3 aromatic heterocycles. The Balaban J connectivity index is 1.58. The van der Waals surface area contributed by atoms with Gasteiger partial charge in [-0.3, -0.25) is 0 Å². The number of pyridine rings is 1. The van der Waals surface area contributed by atoms with E-state index in [0.717, 1.165) is 63.7 Å². The van der Waals surface area contributed by atoms with Gasteiger partial charge in [-0.25, -0.2) is 14.4 Å². The number of hydrogen-bond acceptors (Lipinski definition) is 5. The quantitative estimate of drug-likeness (QED) is 0.305. The van der Waals surface area contributed by atoms with Gasteiger partial charge in [0.15, 0.2) is 11.3 Å². The van der Waals surface area contributed by atoms with Crippen LogP contribution < -0.4 is 10.1 Å². The number of nitrogens with one attached hydrogen (secondary N) is 2. The molecule has 2 saturated heterocycles. The van der Waals surface area contributed by atoms with Crippen molar-refractivity contribution in [1.29, 1.82) is 5.26 Å². The SMILES string of the molecule is CCc1nc2c(OC)nc3c(F)c(-c4c[nH]c5ccc(C)cc45)c(CCC#N)cc3c2n1C1C2CNC1C2. The maximum Gasteiger partial charge on any atom is 0.242 e. The number of hydrogen-bond donors (Lipinski definition) is 2. The zero-order chi connectivity index (χ0) is 26.1. The summed E-state index contributed by atoms with van der Waals surface area (Å²) in [5, 5.41) is 14.7. The third kappa shape index (κ3) is 3.15. The smallest absolute Gasteiger partial charge is 0.242 e. The molecule has 3 atom stereocenters. The highest BCUT2D eigenvalue weighted by Crippen LogP contribution is 2.48. The Kier molecular flexibility index (Phi) is 5.21. The Morgan fingerprint density at radius 1 is 1.21 bits per heavy atom. The lowest BCUT2D eigenvalue weighted by atomic mass is 9.79. The summed E-state index contributed by atoms with van der Waals surface area (Å²) in [5.74, 6) is 1.45. The average molecular weight is 509 g/mol. The summed E-state index contributed by atoms with van der Waals surface area (Å²) in [5.41, 5.74) is 5.93. The van der Waals surface area contributed by atoms with Crippen molar-refractivity contribution in [2.24, 2.45) is 5.92 Å². The van der Waals surface area contributed by atoms with Crippen molar-refractivity contribution in [2.45, 2.75) is 51.6 Å².